The van der Waals surface area contributed by atoms with Crippen LogP contribution < -0.4 is 10.5 Å². The summed E-state index contributed by atoms with van der Waals surface area (Å²) in [7, 11) is 0. The van der Waals surface area contributed by atoms with Crippen LogP contribution >= 0.6 is 0 Å². The van der Waals surface area contributed by atoms with Crippen molar-refractivity contribution in [2.45, 2.75) is 0 Å². The molecule has 5 heteroatoms. The molecule has 4 nitrogen and oxygen atoms in total. The van der Waals surface area contributed by atoms with Gasteiger partial charge >= 0.3 is 0 Å². The lowest BCUT2D eigenvalue weighted by molar-refractivity contribution is -0.119. The fourth-order valence-electron chi connectivity index (χ4n) is 1.83. The minimum absolute atomic E-state index is 0.201. The third-order valence-corrected chi connectivity index (χ3v) is 2.86. The summed E-state index contributed by atoms with van der Waals surface area (Å²) in [6.07, 6.45) is 1.58. The third kappa shape index (κ3) is 3.93. The number of primary amides is 1. The van der Waals surface area contributed by atoms with Gasteiger partial charge in [0, 0.05) is 5.56 Å². The van der Waals surface area contributed by atoms with Crippen LogP contribution in [0.15, 0.2) is 48.5 Å². The van der Waals surface area contributed by atoms with E-state index in [0.29, 0.717) is 11.3 Å². The molecule has 0 aliphatic heterocycles. The van der Waals surface area contributed by atoms with Gasteiger partial charge in [0.2, 0.25) is 0 Å². The highest BCUT2D eigenvalue weighted by molar-refractivity contribution is 5.89. The molecule has 0 radical (unpaired) electrons. The van der Waals surface area contributed by atoms with Crippen molar-refractivity contribution in [1.29, 1.82) is 5.26 Å². The zero-order valence-corrected chi connectivity index (χ0v) is 11.6. The normalized spacial score (nSPS) is 10.8. The molecular weight excluding hydrogens is 283 g/mol. The molecule has 0 atom stereocenters. The molecular formula is C17H13FN2O2. The van der Waals surface area contributed by atoms with Gasteiger partial charge < -0.3 is 10.5 Å². The lowest BCUT2D eigenvalue weighted by Gasteiger charge is -2.04. The number of nitrogens with two attached hydrogens (primary N) is 1. The predicted octanol–water partition coefficient (Wildman–Crippen LogP) is 2.75. The Morgan fingerprint density at radius 1 is 1.23 bits per heavy atom. The number of nitrogens with zero attached hydrogens (tertiary/aromatic N) is 1. The maximum absolute atomic E-state index is 13.7. The Labute approximate surface area is 127 Å². The van der Waals surface area contributed by atoms with E-state index in [0.717, 1.165) is 0 Å². The van der Waals surface area contributed by atoms with Crippen molar-refractivity contribution in [3.63, 3.8) is 0 Å². The third-order valence-electron chi connectivity index (χ3n) is 2.86. The molecule has 0 heterocycles. The number of carbonyl (C=O) groups excluding carboxylic acids is 1. The smallest absolute Gasteiger partial charge is 0.255 e. The SMILES string of the molecule is N#C/C(=C/c1ccc(OCC(N)=O)cc1)c1ccccc1F. The van der Waals surface area contributed by atoms with Crippen molar-refractivity contribution in [3.05, 3.63) is 65.5 Å². The predicted molar refractivity (Wildman–Crippen MR) is 81.0 cm³/mol. The van der Waals surface area contributed by atoms with E-state index in [1.165, 1.54) is 6.07 Å². The summed E-state index contributed by atoms with van der Waals surface area (Å²) < 4.78 is 18.9. The Balaban J connectivity index is 2.22. The van der Waals surface area contributed by atoms with Crippen LogP contribution in [0.2, 0.25) is 0 Å². The average Bonchev–Trinajstić information content (AvgIpc) is 2.52. The second kappa shape index (κ2) is 7.04. The number of nitriles is 1. The monoisotopic (exact) mass is 296 g/mol. The standard InChI is InChI=1S/C17H13FN2O2/c18-16-4-2-1-3-15(16)13(10-19)9-12-5-7-14(8-6-12)22-11-17(20)21/h1-9H,11H2,(H2,20,21)/b13-9-. The van der Waals surface area contributed by atoms with Crippen molar-refractivity contribution >= 4 is 17.6 Å². The zero-order chi connectivity index (χ0) is 15.9. The van der Waals surface area contributed by atoms with Crippen LogP contribution in [0.25, 0.3) is 11.6 Å². The van der Waals surface area contributed by atoms with E-state index in [2.05, 4.69) is 0 Å². The van der Waals surface area contributed by atoms with Gasteiger partial charge in [0.05, 0.1) is 11.6 Å². The van der Waals surface area contributed by atoms with Gasteiger partial charge in [-0.25, -0.2) is 4.39 Å². The van der Waals surface area contributed by atoms with E-state index in [4.69, 9.17) is 10.5 Å². The average molecular weight is 296 g/mol. The van der Waals surface area contributed by atoms with Crippen LogP contribution in [0, 0.1) is 17.1 Å². The lowest BCUT2D eigenvalue weighted by atomic mass is 10.0. The number of ether oxygens (including phenoxy) is 1. The molecule has 0 saturated heterocycles. The molecule has 110 valence electrons. The molecule has 0 fully saturated rings. The highest BCUT2D eigenvalue weighted by Crippen LogP contribution is 2.21. The molecule has 0 aliphatic rings. The first kappa shape index (κ1) is 15.3. The Bertz CT molecular complexity index is 746. The summed E-state index contributed by atoms with van der Waals surface area (Å²) in [5.41, 5.74) is 6.18. The molecule has 22 heavy (non-hydrogen) atoms. The number of rotatable bonds is 5. The van der Waals surface area contributed by atoms with E-state index in [9.17, 15) is 14.4 Å². The summed E-state index contributed by atoms with van der Waals surface area (Å²) in [6.45, 7) is -0.201. The van der Waals surface area contributed by atoms with E-state index in [-0.39, 0.29) is 17.7 Å². The van der Waals surface area contributed by atoms with Crippen LogP contribution in [0.1, 0.15) is 11.1 Å². The molecule has 2 aromatic rings. The molecule has 2 aromatic carbocycles. The topological polar surface area (TPSA) is 76.1 Å². The van der Waals surface area contributed by atoms with Gasteiger partial charge in [0.15, 0.2) is 6.61 Å². The van der Waals surface area contributed by atoms with E-state index in [1.54, 1.807) is 48.5 Å². The molecule has 2 rings (SSSR count). The molecule has 0 unspecified atom stereocenters. The van der Waals surface area contributed by atoms with Crippen LogP contribution in [0.5, 0.6) is 5.75 Å². The highest BCUT2D eigenvalue weighted by atomic mass is 19.1. The number of carbonyl (C=O) groups is 1. The van der Waals surface area contributed by atoms with Crippen molar-refractivity contribution in [2.24, 2.45) is 5.73 Å². The van der Waals surface area contributed by atoms with Crippen molar-refractivity contribution < 1.29 is 13.9 Å². The highest BCUT2D eigenvalue weighted by Gasteiger charge is 2.06. The number of amides is 1. The fourth-order valence-corrected chi connectivity index (χ4v) is 1.83. The second-order valence-corrected chi connectivity index (χ2v) is 4.47. The Kier molecular flexibility index (Phi) is 4.89. The molecule has 2 N–H and O–H groups in total. The minimum Gasteiger partial charge on any atom is -0.484 e. The van der Waals surface area contributed by atoms with Crippen molar-refractivity contribution in [2.75, 3.05) is 6.61 Å². The first-order valence-electron chi connectivity index (χ1n) is 6.48. The van der Waals surface area contributed by atoms with Gasteiger partial charge in [-0.05, 0) is 29.8 Å². The summed E-state index contributed by atoms with van der Waals surface area (Å²) in [5, 5.41) is 9.20. The number of allylic oxidation sites excluding steroid dienone is 1. The van der Waals surface area contributed by atoms with Crippen LogP contribution in [-0.2, 0) is 4.79 Å². The molecule has 0 spiro atoms. The number of hydrogen-bond acceptors (Lipinski definition) is 3. The van der Waals surface area contributed by atoms with E-state index >= 15 is 0 Å². The summed E-state index contributed by atoms with van der Waals surface area (Å²) >= 11 is 0. The number of benzene rings is 2. The zero-order valence-electron chi connectivity index (χ0n) is 11.6. The van der Waals surface area contributed by atoms with Crippen molar-refractivity contribution in [3.8, 4) is 11.8 Å². The number of halogens is 1. The maximum atomic E-state index is 13.7. The number of hydrogen-bond donors (Lipinski definition) is 1. The first-order valence-corrected chi connectivity index (χ1v) is 6.48. The quantitative estimate of drug-likeness (QED) is 0.681. The van der Waals surface area contributed by atoms with Gasteiger partial charge in [-0.1, -0.05) is 30.3 Å². The van der Waals surface area contributed by atoms with E-state index < -0.39 is 11.7 Å². The van der Waals surface area contributed by atoms with Crippen LogP contribution in [-0.4, -0.2) is 12.5 Å². The van der Waals surface area contributed by atoms with Gasteiger partial charge in [-0.2, -0.15) is 5.26 Å². The Hall–Kier alpha value is -3.13. The summed E-state index contributed by atoms with van der Waals surface area (Å²) in [5.74, 6) is -0.521. The largest absolute Gasteiger partial charge is 0.484 e. The molecule has 0 bridgehead atoms. The molecule has 1 amide bonds. The second-order valence-electron chi connectivity index (χ2n) is 4.47. The van der Waals surface area contributed by atoms with Crippen LogP contribution in [0.4, 0.5) is 4.39 Å². The molecule has 0 aromatic heterocycles. The Morgan fingerprint density at radius 3 is 2.50 bits per heavy atom. The summed E-state index contributed by atoms with van der Waals surface area (Å²) in [6, 6.07) is 14.8. The van der Waals surface area contributed by atoms with Gasteiger partial charge in [0.25, 0.3) is 5.91 Å². The lowest BCUT2D eigenvalue weighted by Crippen LogP contribution is -2.19. The van der Waals surface area contributed by atoms with Gasteiger partial charge in [-0.3, -0.25) is 4.79 Å². The summed E-state index contributed by atoms with van der Waals surface area (Å²) in [4.78, 5) is 10.6. The maximum Gasteiger partial charge on any atom is 0.255 e. The van der Waals surface area contributed by atoms with E-state index in [1.807, 2.05) is 6.07 Å². The van der Waals surface area contributed by atoms with Crippen LogP contribution in [0.3, 0.4) is 0 Å². The van der Waals surface area contributed by atoms with Crippen molar-refractivity contribution in [1.82, 2.24) is 0 Å². The first-order chi connectivity index (χ1) is 10.6. The van der Waals surface area contributed by atoms with Gasteiger partial charge in [-0.15, -0.1) is 0 Å². The fraction of sp³-hybridized carbons (Fsp3) is 0.0588. The Morgan fingerprint density at radius 2 is 1.91 bits per heavy atom. The molecule has 0 aliphatic carbocycles. The van der Waals surface area contributed by atoms with Gasteiger partial charge in [0.1, 0.15) is 11.6 Å². The minimum atomic E-state index is -0.560. The molecule has 0 saturated carbocycles.